The summed E-state index contributed by atoms with van der Waals surface area (Å²) in [6.07, 6.45) is 3.13. The molecule has 26 heavy (non-hydrogen) atoms. The van der Waals surface area contributed by atoms with Gasteiger partial charge >= 0.3 is 0 Å². The van der Waals surface area contributed by atoms with E-state index in [9.17, 15) is 13.2 Å². The quantitative estimate of drug-likeness (QED) is 0.797. The van der Waals surface area contributed by atoms with Crippen molar-refractivity contribution in [1.29, 1.82) is 0 Å². The van der Waals surface area contributed by atoms with Crippen molar-refractivity contribution in [3.8, 4) is 5.75 Å². The maximum absolute atomic E-state index is 12.3. The molecule has 2 heterocycles. The van der Waals surface area contributed by atoms with E-state index in [0.29, 0.717) is 19.6 Å². The number of nitrogens with one attached hydrogen (secondary N) is 1. The summed E-state index contributed by atoms with van der Waals surface area (Å²) in [6, 6.07) is 10.4. The Morgan fingerprint density at radius 2 is 2.04 bits per heavy atom. The van der Waals surface area contributed by atoms with Crippen molar-refractivity contribution < 1.29 is 17.9 Å². The smallest absolute Gasteiger partial charge is 0.242 e. The third kappa shape index (κ3) is 4.20. The Labute approximate surface area is 153 Å². The van der Waals surface area contributed by atoms with Gasteiger partial charge in [0.1, 0.15) is 10.6 Å². The fourth-order valence-electron chi connectivity index (χ4n) is 2.87. The van der Waals surface area contributed by atoms with E-state index in [4.69, 9.17) is 4.74 Å². The predicted molar refractivity (Wildman–Crippen MR) is 97.5 cm³/mol. The molecule has 7 nitrogen and oxygen atoms in total. The summed E-state index contributed by atoms with van der Waals surface area (Å²) in [5.74, 6) is 0.656. The number of pyridine rings is 1. The van der Waals surface area contributed by atoms with E-state index in [2.05, 4.69) is 9.71 Å². The van der Waals surface area contributed by atoms with Crippen LogP contribution in [0.5, 0.6) is 5.75 Å². The zero-order chi connectivity index (χ0) is 18.6. The number of ether oxygens (including phenoxy) is 1. The zero-order valence-electron chi connectivity index (χ0n) is 14.5. The molecule has 1 amide bonds. The zero-order valence-corrected chi connectivity index (χ0v) is 15.3. The number of amides is 1. The summed E-state index contributed by atoms with van der Waals surface area (Å²) >= 11 is 0. The minimum Gasteiger partial charge on any atom is -0.494 e. The Kier molecular flexibility index (Phi) is 5.53. The van der Waals surface area contributed by atoms with Gasteiger partial charge in [-0.3, -0.25) is 9.78 Å². The Morgan fingerprint density at radius 3 is 2.69 bits per heavy atom. The fraction of sp³-hybridized carbons (Fsp3) is 0.333. The average Bonchev–Trinajstić information content (AvgIpc) is 3.03. The van der Waals surface area contributed by atoms with Gasteiger partial charge in [0.05, 0.1) is 6.61 Å². The largest absolute Gasteiger partial charge is 0.494 e. The molecule has 1 aromatic heterocycles. The molecule has 1 fully saturated rings. The topological polar surface area (TPSA) is 88.6 Å². The molecule has 1 atom stereocenters. The Hall–Kier alpha value is -2.45. The van der Waals surface area contributed by atoms with E-state index >= 15 is 0 Å². The first kappa shape index (κ1) is 18.3. The van der Waals surface area contributed by atoms with E-state index in [1.807, 2.05) is 31.2 Å². The molecule has 1 aliphatic heterocycles. The molecule has 1 N–H and O–H groups in total. The van der Waals surface area contributed by atoms with E-state index < -0.39 is 10.0 Å². The highest BCUT2D eigenvalue weighted by molar-refractivity contribution is 7.89. The molecule has 138 valence electrons. The minimum atomic E-state index is -3.62. The van der Waals surface area contributed by atoms with Crippen molar-refractivity contribution in [3.63, 3.8) is 0 Å². The number of nitrogens with zero attached hydrogens (tertiary/aromatic N) is 2. The van der Waals surface area contributed by atoms with Crippen LogP contribution in [0.3, 0.4) is 0 Å². The van der Waals surface area contributed by atoms with Gasteiger partial charge in [-0.15, -0.1) is 0 Å². The van der Waals surface area contributed by atoms with Crippen LogP contribution in [-0.2, 0) is 14.8 Å². The molecule has 3 rings (SSSR count). The lowest BCUT2D eigenvalue weighted by atomic mass is 10.1. The monoisotopic (exact) mass is 375 g/mol. The number of anilines is 1. The van der Waals surface area contributed by atoms with Gasteiger partial charge < -0.3 is 9.64 Å². The number of rotatable bonds is 7. The van der Waals surface area contributed by atoms with Crippen molar-refractivity contribution in [1.82, 2.24) is 9.71 Å². The number of benzene rings is 1. The second-order valence-electron chi connectivity index (χ2n) is 6.04. The van der Waals surface area contributed by atoms with Gasteiger partial charge in [0, 0.05) is 37.6 Å². The van der Waals surface area contributed by atoms with E-state index in [0.717, 1.165) is 11.4 Å². The highest BCUT2D eigenvalue weighted by Gasteiger charge is 2.31. The molecule has 8 heteroatoms. The SMILES string of the molecule is CCOc1ccc(N2C[C@H](CNS(=O)(=O)c3cccnc3)CC2=O)cc1. The highest BCUT2D eigenvalue weighted by Crippen LogP contribution is 2.26. The molecule has 1 aromatic carbocycles. The van der Waals surface area contributed by atoms with Crippen LogP contribution in [0.15, 0.2) is 53.7 Å². The van der Waals surface area contributed by atoms with Crippen LogP contribution in [-0.4, -0.2) is 39.0 Å². The Morgan fingerprint density at radius 1 is 1.27 bits per heavy atom. The molecule has 0 radical (unpaired) electrons. The number of hydrogen-bond donors (Lipinski definition) is 1. The van der Waals surface area contributed by atoms with Gasteiger partial charge in [-0.2, -0.15) is 0 Å². The van der Waals surface area contributed by atoms with Gasteiger partial charge in [0.2, 0.25) is 15.9 Å². The molecule has 0 spiro atoms. The summed E-state index contributed by atoms with van der Waals surface area (Å²) in [7, 11) is -3.62. The summed E-state index contributed by atoms with van der Waals surface area (Å²) in [5, 5.41) is 0. The molecule has 0 unspecified atom stereocenters. The molecule has 1 saturated heterocycles. The minimum absolute atomic E-state index is 0.0141. The molecule has 2 aromatic rings. The lowest BCUT2D eigenvalue weighted by molar-refractivity contribution is -0.117. The Balaban J connectivity index is 1.61. The van der Waals surface area contributed by atoms with Crippen LogP contribution < -0.4 is 14.4 Å². The maximum atomic E-state index is 12.3. The second kappa shape index (κ2) is 7.84. The number of sulfonamides is 1. The number of aromatic nitrogens is 1. The van der Waals surface area contributed by atoms with Crippen LogP contribution in [0, 0.1) is 5.92 Å². The van der Waals surface area contributed by atoms with Crippen LogP contribution in [0.2, 0.25) is 0 Å². The number of carbonyl (C=O) groups is 1. The van der Waals surface area contributed by atoms with Gasteiger partial charge in [-0.05, 0) is 49.2 Å². The summed E-state index contributed by atoms with van der Waals surface area (Å²) in [4.78, 5) is 17.9. The fourth-order valence-corrected chi connectivity index (χ4v) is 3.95. The lowest BCUT2D eigenvalue weighted by Gasteiger charge is -2.17. The van der Waals surface area contributed by atoms with Crippen molar-refractivity contribution >= 4 is 21.6 Å². The normalized spacial score (nSPS) is 17.5. The summed E-state index contributed by atoms with van der Waals surface area (Å²) in [5.41, 5.74) is 0.788. The Bertz CT molecular complexity index is 854. The first-order chi connectivity index (χ1) is 12.5. The van der Waals surface area contributed by atoms with E-state index in [1.54, 1.807) is 11.0 Å². The van der Waals surface area contributed by atoms with Crippen LogP contribution in [0.1, 0.15) is 13.3 Å². The predicted octanol–water partition coefficient (Wildman–Crippen LogP) is 1.81. The first-order valence-corrected chi connectivity index (χ1v) is 9.91. The summed E-state index contributed by atoms with van der Waals surface area (Å²) < 4.78 is 32.5. The third-order valence-electron chi connectivity index (χ3n) is 4.17. The summed E-state index contributed by atoms with van der Waals surface area (Å²) in [6.45, 7) is 3.18. The molecule has 0 bridgehead atoms. The van der Waals surface area contributed by atoms with Gasteiger partial charge in [0.15, 0.2) is 0 Å². The number of carbonyl (C=O) groups excluding carboxylic acids is 1. The third-order valence-corrected chi connectivity index (χ3v) is 5.58. The first-order valence-electron chi connectivity index (χ1n) is 8.42. The molecular formula is C18H21N3O4S. The van der Waals surface area contributed by atoms with Crippen LogP contribution in [0.25, 0.3) is 0 Å². The van der Waals surface area contributed by atoms with E-state index in [-0.39, 0.29) is 23.3 Å². The average molecular weight is 375 g/mol. The standard InChI is InChI=1S/C18H21N3O4S/c1-2-25-16-7-5-15(6-8-16)21-13-14(10-18(21)22)11-20-26(23,24)17-4-3-9-19-12-17/h3-9,12,14,20H,2,10-11,13H2,1H3/t14-/m0/s1. The molecule has 1 aliphatic rings. The molecule has 0 aliphatic carbocycles. The lowest BCUT2D eigenvalue weighted by Crippen LogP contribution is -2.31. The maximum Gasteiger partial charge on any atom is 0.242 e. The van der Waals surface area contributed by atoms with Gasteiger partial charge in [-0.1, -0.05) is 0 Å². The van der Waals surface area contributed by atoms with Crippen LogP contribution in [0.4, 0.5) is 5.69 Å². The van der Waals surface area contributed by atoms with Crippen molar-refractivity contribution in [2.24, 2.45) is 5.92 Å². The number of hydrogen-bond acceptors (Lipinski definition) is 5. The van der Waals surface area contributed by atoms with Crippen molar-refractivity contribution in [2.45, 2.75) is 18.2 Å². The van der Waals surface area contributed by atoms with E-state index in [1.165, 1.54) is 18.5 Å². The van der Waals surface area contributed by atoms with Crippen molar-refractivity contribution in [3.05, 3.63) is 48.8 Å². The van der Waals surface area contributed by atoms with Gasteiger partial charge in [0.25, 0.3) is 0 Å². The molecular weight excluding hydrogens is 354 g/mol. The second-order valence-corrected chi connectivity index (χ2v) is 7.81. The molecule has 0 saturated carbocycles. The highest BCUT2D eigenvalue weighted by atomic mass is 32.2. The van der Waals surface area contributed by atoms with Crippen molar-refractivity contribution in [2.75, 3.05) is 24.6 Å². The van der Waals surface area contributed by atoms with Crippen LogP contribution >= 0.6 is 0 Å². The van der Waals surface area contributed by atoms with Gasteiger partial charge in [-0.25, -0.2) is 13.1 Å².